The van der Waals surface area contributed by atoms with Crippen LogP contribution in [0.1, 0.15) is 40.3 Å². The van der Waals surface area contributed by atoms with E-state index in [1.54, 1.807) is 11.8 Å². The lowest BCUT2D eigenvalue weighted by Gasteiger charge is -2.15. The highest BCUT2D eigenvalue weighted by molar-refractivity contribution is 5.95. The van der Waals surface area contributed by atoms with Gasteiger partial charge in [0.1, 0.15) is 17.1 Å². The van der Waals surface area contributed by atoms with Crippen LogP contribution in [0.5, 0.6) is 0 Å². The fourth-order valence-electron chi connectivity index (χ4n) is 2.99. The summed E-state index contributed by atoms with van der Waals surface area (Å²) in [5, 5.41) is 11.7. The van der Waals surface area contributed by atoms with Crippen molar-refractivity contribution in [1.82, 2.24) is 5.32 Å². The van der Waals surface area contributed by atoms with E-state index in [0.717, 1.165) is 24.2 Å². The Morgan fingerprint density at radius 1 is 1.27 bits per heavy atom. The number of anilines is 1. The van der Waals surface area contributed by atoms with Crippen LogP contribution in [0.4, 0.5) is 5.69 Å². The topological polar surface area (TPSA) is 99.9 Å². The van der Waals surface area contributed by atoms with Crippen LogP contribution in [0.25, 0.3) is 0 Å². The highest BCUT2D eigenvalue weighted by atomic mass is 16.4. The van der Waals surface area contributed by atoms with Gasteiger partial charge in [-0.15, -0.1) is 0 Å². The fraction of sp³-hybridized carbons (Fsp3) is 0.316. The molecule has 0 spiro atoms. The first-order chi connectivity index (χ1) is 12.4. The summed E-state index contributed by atoms with van der Waals surface area (Å²) in [7, 11) is 0. The minimum absolute atomic E-state index is 0.0984. The van der Waals surface area contributed by atoms with E-state index in [-0.39, 0.29) is 30.3 Å². The molecule has 2 aromatic rings. The third-order valence-electron chi connectivity index (χ3n) is 4.35. The number of nitrogens with one attached hydrogen (secondary N) is 1. The monoisotopic (exact) mass is 356 g/mol. The third-order valence-corrected chi connectivity index (χ3v) is 4.35. The average Bonchev–Trinajstić information content (AvgIpc) is 3.19. The maximum absolute atomic E-state index is 12.1. The predicted molar refractivity (Wildman–Crippen MR) is 94.0 cm³/mol. The van der Waals surface area contributed by atoms with Crippen molar-refractivity contribution in [2.24, 2.45) is 0 Å². The molecule has 0 aliphatic carbocycles. The predicted octanol–water partition coefficient (Wildman–Crippen LogP) is 2.27. The van der Waals surface area contributed by atoms with Gasteiger partial charge < -0.3 is 19.7 Å². The summed E-state index contributed by atoms with van der Waals surface area (Å²) < 4.78 is 5.33. The molecule has 1 aliphatic heterocycles. The van der Waals surface area contributed by atoms with Crippen LogP contribution < -0.4 is 10.2 Å². The third kappa shape index (κ3) is 3.93. The van der Waals surface area contributed by atoms with Crippen molar-refractivity contribution in [3.63, 3.8) is 0 Å². The largest absolute Gasteiger partial charge is 0.478 e. The number of carbonyl (C=O) groups excluding carboxylic acids is 2. The minimum atomic E-state index is -1.06. The smallest absolute Gasteiger partial charge is 0.339 e. The molecule has 2 amide bonds. The zero-order valence-corrected chi connectivity index (χ0v) is 14.4. The number of hydrogen-bond donors (Lipinski definition) is 2. The second-order valence-corrected chi connectivity index (χ2v) is 6.26. The van der Waals surface area contributed by atoms with Gasteiger partial charge in [0.15, 0.2) is 0 Å². The minimum Gasteiger partial charge on any atom is -0.478 e. The summed E-state index contributed by atoms with van der Waals surface area (Å²) in [5.74, 6) is -0.406. The number of carboxylic acid groups (broad SMARTS) is 1. The molecule has 1 aliphatic rings. The van der Waals surface area contributed by atoms with Crippen LogP contribution in [0.2, 0.25) is 0 Å². The van der Waals surface area contributed by atoms with Gasteiger partial charge in [-0.3, -0.25) is 9.59 Å². The van der Waals surface area contributed by atoms with Crippen LogP contribution in [0.15, 0.2) is 34.7 Å². The Kier molecular flexibility index (Phi) is 5.06. The van der Waals surface area contributed by atoms with Gasteiger partial charge in [-0.2, -0.15) is 0 Å². The molecule has 1 fully saturated rings. The molecule has 136 valence electrons. The van der Waals surface area contributed by atoms with Gasteiger partial charge in [-0.1, -0.05) is 12.1 Å². The number of hydrogen-bond acceptors (Lipinski definition) is 4. The Labute approximate surface area is 150 Å². The summed E-state index contributed by atoms with van der Waals surface area (Å²) in [6.45, 7) is 2.44. The highest BCUT2D eigenvalue weighted by Gasteiger charge is 2.21. The van der Waals surface area contributed by atoms with Crippen LogP contribution in [-0.2, 0) is 22.6 Å². The van der Waals surface area contributed by atoms with Crippen molar-refractivity contribution < 1.29 is 23.9 Å². The molecule has 2 heterocycles. The molecule has 26 heavy (non-hydrogen) atoms. The number of aromatic carboxylic acids is 1. The van der Waals surface area contributed by atoms with Crippen LogP contribution >= 0.6 is 0 Å². The molecule has 1 aromatic carbocycles. The van der Waals surface area contributed by atoms with Gasteiger partial charge in [0.05, 0.1) is 13.0 Å². The number of carboxylic acids is 1. The van der Waals surface area contributed by atoms with Gasteiger partial charge in [0, 0.05) is 18.7 Å². The number of aryl methyl sites for hydroxylation is 1. The number of benzene rings is 1. The van der Waals surface area contributed by atoms with E-state index in [1.165, 1.54) is 6.07 Å². The van der Waals surface area contributed by atoms with Crippen LogP contribution in [0.3, 0.4) is 0 Å². The Morgan fingerprint density at radius 2 is 2.00 bits per heavy atom. The Morgan fingerprint density at radius 3 is 2.58 bits per heavy atom. The van der Waals surface area contributed by atoms with E-state index in [9.17, 15) is 14.4 Å². The number of furan rings is 1. The summed E-state index contributed by atoms with van der Waals surface area (Å²) in [6, 6.07) is 8.78. The van der Waals surface area contributed by atoms with Gasteiger partial charge in [-0.25, -0.2) is 4.79 Å². The summed E-state index contributed by atoms with van der Waals surface area (Å²) in [4.78, 5) is 36.6. The van der Waals surface area contributed by atoms with E-state index in [0.29, 0.717) is 17.9 Å². The number of nitrogens with zero attached hydrogens (tertiary/aromatic N) is 1. The average molecular weight is 356 g/mol. The van der Waals surface area contributed by atoms with Gasteiger partial charge in [0.2, 0.25) is 11.8 Å². The van der Waals surface area contributed by atoms with Crippen molar-refractivity contribution in [2.45, 2.75) is 32.7 Å². The fourth-order valence-corrected chi connectivity index (χ4v) is 2.99. The van der Waals surface area contributed by atoms with E-state index in [4.69, 9.17) is 9.52 Å². The van der Waals surface area contributed by atoms with Gasteiger partial charge >= 0.3 is 5.97 Å². The molecular weight excluding hydrogens is 336 g/mol. The normalized spacial score (nSPS) is 13.9. The molecule has 7 nitrogen and oxygen atoms in total. The second-order valence-electron chi connectivity index (χ2n) is 6.26. The summed E-state index contributed by atoms with van der Waals surface area (Å²) in [5.41, 5.74) is 1.78. The highest BCUT2D eigenvalue weighted by Crippen LogP contribution is 2.21. The molecule has 1 aromatic heterocycles. The maximum atomic E-state index is 12.1. The van der Waals surface area contributed by atoms with E-state index < -0.39 is 5.97 Å². The standard InChI is InChI=1S/C19H20N2O5/c1-12-16(19(24)25)10-15(26-12)11-20-17(22)9-13-4-6-14(7-5-13)21-8-2-3-18(21)23/h4-7,10H,2-3,8-9,11H2,1H3,(H,20,22)(H,24,25). The summed E-state index contributed by atoms with van der Waals surface area (Å²) in [6.07, 6.45) is 1.65. The lowest BCUT2D eigenvalue weighted by molar-refractivity contribution is -0.120. The van der Waals surface area contributed by atoms with Gasteiger partial charge in [0.25, 0.3) is 0 Å². The first-order valence-electron chi connectivity index (χ1n) is 8.42. The molecule has 2 N–H and O–H groups in total. The molecule has 0 bridgehead atoms. The van der Waals surface area contributed by atoms with Crippen molar-refractivity contribution in [3.8, 4) is 0 Å². The zero-order valence-electron chi connectivity index (χ0n) is 14.4. The lowest BCUT2D eigenvalue weighted by Crippen LogP contribution is -2.25. The molecule has 0 unspecified atom stereocenters. The van der Waals surface area contributed by atoms with Gasteiger partial charge in [-0.05, 0) is 37.1 Å². The van der Waals surface area contributed by atoms with Crippen molar-refractivity contribution in [3.05, 3.63) is 53.0 Å². The van der Waals surface area contributed by atoms with Crippen molar-refractivity contribution in [2.75, 3.05) is 11.4 Å². The Bertz CT molecular complexity index is 838. The lowest BCUT2D eigenvalue weighted by atomic mass is 10.1. The first kappa shape index (κ1) is 17.7. The van der Waals surface area contributed by atoms with Crippen LogP contribution in [0, 0.1) is 6.92 Å². The molecule has 0 radical (unpaired) electrons. The summed E-state index contributed by atoms with van der Waals surface area (Å²) >= 11 is 0. The molecule has 1 saturated heterocycles. The van der Waals surface area contributed by atoms with E-state index >= 15 is 0 Å². The van der Waals surface area contributed by atoms with Crippen molar-refractivity contribution >= 4 is 23.5 Å². The quantitative estimate of drug-likeness (QED) is 0.827. The maximum Gasteiger partial charge on any atom is 0.339 e. The molecule has 3 rings (SSSR count). The van der Waals surface area contributed by atoms with E-state index in [2.05, 4.69) is 5.32 Å². The number of amides is 2. The van der Waals surface area contributed by atoms with E-state index in [1.807, 2.05) is 24.3 Å². The Balaban J connectivity index is 1.54. The molecule has 0 atom stereocenters. The van der Waals surface area contributed by atoms with Crippen LogP contribution in [-0.4, -0.2) is 29.4 Å². The number of rotatable bonds is 6. The second kappa shape index (κ2) is 7.43. The SMILES string of the molecule is Cc1oc(CNC(=O)Cc2ccc(N3CCCC3=O)cc2)cc1C(=O)O. The van der Waals surface area contributed by atoms with Crippen molar-refractivity contribution in [1.29, 1.82) is 0 Å². The molecule has 7 heteroatoms. The molecule has 0 saturated carbocycles. The zero-order chi connectivity index (χ0) is 18.7. The Hall–Kier alpha value is -3.09. The molecular formula is C19H20N2O5. The first-order valence-corrected chi connectivity index (χ1v) is 8.42. The number of carbonyl (C=O) groups is 3.